The van der Waals surface area contributed by atoms with E-state index < -0.39 is 6.10 Å². The lowest BCUT2D eigenvalue weighted by molar-refractivity contribution is -0.131. The maximum atomic E-state index is 12.7. The molecule has 1 N–H and O–H groups in total. The zero-order valence-electron chi connectivity index (χ0n) is 14.9. The van der Waals surface area contributed by atoms with E-state index in [1.165, 1.54) is 0 Å². The van der Waals surface area contributed by atoms with Gasteiger partial charge in [-0.1, -0.05) is 12.1 Å². The molecule has 1 unspecified atom stereocenters. The molecule has 1 aromatic rings. The number of benzene rings is 1. The van der Waals surface area contributed by atoms with Crippen LogP contribution in [0.15, 0.2) is 24.3 Å². The summed E-state index contributed by atoms with van der Waals surface area (Å²) in [5.41, 5.74) is 0.00230. The first-order chi connectivity index (χ1) is 12.8. The standard InChI is InChI=1S/C19H26N2O4S/c22-18(17-13-24-15-3-1-2-4-16(15)25-17)20-14-19(5-9-23-10-6-19)21-7-11-26-12-8-21/h1-4,17H,5-14H2,(H,20,22). The van der Waals surface area contributed by atoms with Gasteiger partial charge >= 0.3 is 0 Å². The van der Waals surface area contributed by atoms with Gasteiger partial charge in [-0.3, -0.25) is 9.69 Å². The lowest BCUT2D eigenvalue weighted by atomic mass is 9.87. The van der Waals surface area contributed by atoms with Crippen molar-refractivity contribution in [2.75, 3.05) is 51.0 Å². The molecule has 0 spiro atoms. The van der Waals surface area contributed by atoms with Crippen LogP contribution in [0, 0.1) is 0 Å². The Morgan fingerprint density at radius 1 is 1.19 bits per heavy atom. The molecule has 142 valence electrons. The van der Waals surface area contributed by atoms with Gasteiger partial charge in [-0.05, 0) is 25.0 Å². The predicted octanol–water partition coefficient (Wildman–Crippen LogP) is 1.54. The Labute approximate surface area is 158 Å². The van der Waals surface area contributed by atoms with Gasteiger partial charge in [0.2, 0.25) is 6.10 Å². The van der Waals surface area contributed by atoms with E-state index in [2.05, 4.69) is 10.2 Å². The summed E-state index contributed by atoms with van der Waals surface area (Å²) in [6.45, 7) is 4.57. The van der Waals surface area contributed by atoms with E-state index in [9.17, 15) is 4.79 Å². The van der Waals surface area contributed by atoms with E-state index in [4.69, 9.17) is 14.2 Å². The van der Waals surface area contributed by atoms with Crippen LogP contribution in [0.25, 0.3) is 0 Å². The Balaban J connectivity index is 1.39. The number of para-hydroxylation sites is 2. The molecule has 1 aromatic carbocycles. The normalized spacial score (nSPS) is 25.5. The molecule has 7 heteroatoms. The molecule has 0 bridgehead atoms. The predicted molar refractivity (Wildman–Crippen MR) is 101 cm³/mol. The number of thioether (sulfide) groups is 1. The summed E-state index contributed by atoms with van der Waals surface area (Å²) in [5.74, 6) is 3.55. The van der Waals surface area contributed by atoms with Gasteiger partial charge in [0.15, 0.2) is 11.5 Å². The number of rotatable bonds is 4. The summed E-state index contributed by atoms with van der Waals surface area (Å²) in [7, 11) is 0. The molecular weight excluding hydrogens is 352 g/mol. The Hall–Kier alpha value is -1.44. The van der Waals surface area contributed by atoms with Crippen molar-refractivity contribution in [3.63, 3.8) is 0 Å². The zero-order valence-corrected chi connectivity index (χ0v) is 15.8. The maximum Gasteiger partial charge on any atom is 0.264 e. The number of hydrogen-bond acceptors (Lipinski definition) is 6. The van der Waals surface area contributed by atoms with Crippen LogP contribution in [0.4, 0.5) is 0 Å². The van der Waals surface area contributed by atoms with Crippen molar-refractivity contribution < 1.29 is 19.0 Å². The van der Waals surface area contributed by atoms with Gasteiger partial charge < -0.3 is 19.5 Å². The Morgan fingerprint density at radius 2 is 1.92 bits per heavy atom. The van der Waals surface area contributed by atoms with Crippen molar-refractivity contribution in [3.05, 3.63) is 24.3 Å². The van der Waals surface area contributed by atoms with Gasteiger partial charge in [-0.15, -0.1) is 0 Å². The van der Waals surface area contributed by atoms with Gasteiger partial charge in [0.1, 0.15) is 6.61 Å². The van der Waals surface area contributed by atoms with Crippen molar-refractivity contribution in [2.24, 2.45) is 0 Å². The summed E-state index contributed by atoms with van der Waals surface area (Å²) in [6.07, 6.45) is 1.32. The fourth-order valence-corrected chi connectivity index (χ4v) is 4.81. The molecule has 0 aliphatic carbocycles. The van der Waals surface area contributed by atoms with Crippen molar-refractivity contribution >= 4 is 17.7 Å². The first-order valence-electron chi connectivity index (χ1n) is 9.34. The summed E-state index contributed by atoms with van der Waals surface area (Å²) in [5, 5.41) is 3.14. The highest BCUT2D eigenvalue weighted by Crippen LogP contribution is 2.32. The zero-order chi connectivity index (χ0) is 17.8. The van der Waals surface area contributed by atoms with Gasteiger partial charge in [0.05, 0.1) is 0 Å². The van der Waals surface area contributed by atoms with Crippen LogP contribution in [0.2, 0.25) is 0 Å². The number of hydrogen-bond donors (Lipinski definition) is 1. The molecule has 26 heavy (non-hydrogen) atoms. The maximum absolute atomic E-state index is 12.7. The van der Waals surface area contributed by atoms with Gasteiger partial charge in [-0.25, -0.2) is 0 Å². The lowest BCUT2D eigenvalue weighted by Crippen LogP contribution is -2.61. The number of carbonyl (C=O) groups excluding carboxylic acids is 1. The van der Waals surface area contributed by atoms with E-state index in [0.29, 0.717) is 18.0 Å². The molecule has 0 radical (unpaired) electrons. The molecule has 3 aliphatic rings. The highest BCUT2D eigenvalue weighted by Gasteiger charge is 2.40. The first kappa shape index (κ1) is 17.9. The third-order valence-corrected chi connectivity index (χ3v) is 6.44. The molecule has 2 saturated heterocycles. The third-order valence-electron chi connectivity index (χ3n) is 5.50. The average molecular weight is 378 g/mol. The topological polar surface area (TPSA) is 60.0 Å². The molecule has 1 atom stereocenters. The Bertz CT molecular complexity index is 630. The van der Waals surface area contributed by atoms with Crippen molar-refractivity contribution in [1.82, 2.24) is 10.2 Å². The van der Waals surface area contributed by atoms with Crippen LogP contribution >= 0.6 is 11.8 Å². The lowest BCUT2D eigenvalue weighted by Gasteiger charge is -2.48. The van der Waals surface area contributed by atoms with Gasteiger partial charge in [0.25, 0.3) is 5.91 Å². The summed E-state index contributed by atoms with van der Waals surface area (Å²) in [4.78, 5) is 15.3. The largest absolute Gasteiger partial charge is 0.485 e. The third kappa shape index (κ3) is 3.80. The van der Waals surface area contributed by atoms with E-state index >= 15 is 0 Å². The highest BCUT2D eigenvalue weighted by molar-refractivity contribution is 7.99. The molecule has 3 heterocycles. The Morgan fingerprint density at radius 3 is 2.69 bits per heavy atom. The second-order valence-corrected chi connectivity index (χ2v) is 8.24. The van der Waals surface area contributed by atoms with E-state index in [-0.39, 0.29) is 18.1 Å². The number of nitrogens with zero attached hydrogens (tertiary/aromatic N) is 1. The van der Waals surface area contributed by atoms with Gasteiger partial charge in [-0.2, -0.15) is 11.8 Å². The molecule has 2 fully saturated rings. The molecule has 3 aliphatic heterocycles. The van der Waals surface area contributed by atoms with Crippen LogP contribution in [0.1, 0.15) is 12.8 Å². The van der Waals surface area contributed by atoms with E-state index in [1.54, 1.807) is 0 Å². The fraction of sp³-hybridized carbons (Fsp3) is 0.632. The SMILES string of the molecule is O=C(NCC1(N2CCSCC2)CCOCC1)C1COc2ccccc2O1. The van der Waals surface area contributed by atoms with E-state index in [0.717, 1.165) is 50.7 Å². The summed E-state index contributed by atoms with van der Waals surface area (Å²) >= 11 is 2.01. The molecule has 6 nitrogen and oxygen atoms in total. The van der Waals surface area contributed by atoms with Crippen LogP contribution in [0.5, 0.6) is 11.5 Å². The number of amides is 1. The minimum Gasteiger partial charge on any atom is -0.485 e. The van der Waals surface area contributed by atoms with Crippen LogP contribution in [-0.4, -0.2) is 73.4 Å². The van der Waals surface area contributed by atoms with Crippen LogP contribution in [-0.2, 0) is 9.53 Å². The highest BCUT2D eigenvalue weighted by atomic mass is 32.2. The summed E-state index contributed by atoms with van der Waals surface area (Å²) in [6, 6.07) is 7.47. The molecule has 4 rings (SSSR count). The van der Waals surface area contributed by atoms with Crippen LogP contribution < -0.4 is 14.8 Å². The fourth-order valence-electron chi connectivity index (χ4n) is 3.91. The second kappa shape index (κ2) is 8.06. The number of fused-ring (bicyclic) bond motifs is 1. The Kier molecular flexibility index (Phi) is 5.57. The quantitative estimate of drug-likeness (QED) is 0.858. The molecular formula is C19H26N2O4S. The average Bonchev–Trinajstić information content (AvgIpc) is 2.73. The number of carbonyl (C=O) groups is 1. The van der Waals surface area contributed by atoms with Crippen molar-refractivity contribution in [2.45, 2.75) is 24.5 Å². The number of ether oxygens (including phenoxy) is 3. The smallest absolute Gasteiger partial charge is 0.264 e. The number of nitrogens with one attached hydrogen (secondary N) is 1. The van der Waals surface area contributed by atoms with Gasteiger partial charge in [0, 0.05) is 49.9 Å². The molecule has 0 aromatic heterocycles. The van der Waals surface area contributed by atoms with Crippen molar-refractivity contribution in [1.29, 1.82) is 0 Å². The minimum atomic E-state index is -0.598. The minimum absolute atomic E-state index is 0.00230. The monoisotopic (exact) mass is 378 g/mol. The first-order valence-corrected chi connectivity index (χ1v) is 10.5. The molecule has 0 saturated carbocycles. The van der Waals surface area contributed by atoms with Crippen molar-refractivity contribution in [3.8, 4) is 11.5 Å². The van der Waals surface area contributed by atoms with E-state index in [1.807, 2.05) is 36.0 Å². The second-order valence-electron chi connectivity index (χ2n) is 7.02. The molecule has 1 amide bonds. The van der Waals surface area contributed by atoms with Crippen LogP contribution in [0.3, 0.4) is 0 Å². The summed E-state index contributed by atoms with van der Waals surface area (Å²) < 4.78 is 17.1.